The number of hydrogen-bond donors (Lipinski definition) is 2. The number of rotatable bonds is 10. The van der Waals surface area contributed by atoms with Crippen molar-refractivity contribution >= 4 is 11.8 Å². The van der Waals surface area contributed by atoms with Crippen molar-refractivity contribution in [1.82, 2.24) is 20.4 Å². The van der Waals surface area contributed by atoms with E-state index in [9.17, 15) is 14.7 Å². The predicted molar refractivity (Wildman–Crippen MR) is 144 cm³/mol. The highest BCUT2D eigenvalue weighted by molar-refractivity contribution is 5.91. The van der Waals surface area contributed by atoms with Crippen LogP contribution >= 0.6 is 0 Å². The maximum atomic E-state index is 13.7. The summed E-state index contributed by atoms with van der Waals surface area (Å²) in [5.74, 6) is 0.329. The first-order valence-corrected chi connectivity index (χ1v) is 13.4. The molecule has 39 heavy (non-hydrogen) atoms. The van der Waals surface area contributed by atoms with Crippen molar-refractivity contribution in [1.29, 1.82) is 0 Å². The number of carbonyl (C=O) groups excluding carboxylic acids is 2. The standard InChI is InChI=1S/C29H38N4O6/c1-16(2)14-37-25-12-24(39-32-25)26(17(3)4)29(36)33-13-22(34)11-23(33)28(35)31-18(5)20-7-9-21(10-8-20)27-19(6)30-15-38-27/h7-10,12,15-18,22-23,26,34H,11,13-14H2,1-6H3,(H,31,35)/t18?,22-,23+,26-/m1/s1. The Hall–Kier alpha value is -3.66. The van der Waals surface area contributed by atoms with Crippen LogP contribution in [0, 0.1) is 18.8 Å². The van der Waals surface area contributed by atoms with Crippen molar-refractivity contribution in [3.05, 3.63) is 53.7 Å². The van der Waals surface area contributed by atoms with Gasteiger partial charge in [-0.2, -0.15) is 0 Å². The van der Waals surface area contributed by atoms with Gasteiger partial charge in [0.05, 0.1) is 24.4 Å². The first-order valence-electron chi connectivity index (χ1n) is 13.4. The van der Waals surface area contributed by atoms with E-state index in [0.717, 1.165) is 16.8 Å². The number of oxazole rings is 1. The van der Waals surface area contributed by atoms with E-state index in [0.29, 0.717) is 29.9 Å². The van der Waals surface area contributed by atoms with E-state index in [1.54, 1.807) is 6.07 Å². The summed E-state index contributed by atoms with van der Waals surface area (Å²) < 4.78 is 16.6. The Morgan fingerprint density at radius 2 is 1.90 bits per heavy atom. The number of aryl methyl sites for hydroxylation is 1. The van der Waals surface area contributed by atoms with Gasteiger partial charge in [-0.15, -0.1) is 0 Å². The van der Waals surface area contributed by atoms with E-state index in [1.807, 2.05) is 65.8 Å². The molecule has 0 saturated carbocycles. The first kappa shape index (κ1) is 28.4. The number of likely N-dealkylation sites (tertiary alicyclic amines) is 1. The lowest BCUT2D eigenvalue weighted by Crippen LogP contribution is -2.48. The van der Waals surface area contributed by atoms with Gasteiger partial charge in [-0.1, -0.05) is 52.0 Å². The summed E-state index contributed by atoms with van der Waals surface area (Å²) in [4.78, 5) is 32.7. The number of aromatic nitrogens is 2. The number of carbonyl (C=O) groups is 2. The second-order valence-corrected chi connectivity index (χ2v) is 11.0. The van der Waals surface area contributed by atoms with E-state index in [4.69, 9.17) is 13.7 Å². The second-order valence-electron chi connectivity index (χ2n) is 11.0. The molecule has 1 unspecified atom stereocenters. The van der Waals surface area contributed by atoms with E-state index in [-0.39, 0.29) is 36.7 Å². The molecule has 0 radical (unpaired) electrons. The smallest absolute Gasteiger partial charge is 0.254 e. The van der Waals surface area contributed by atoms with Crippen LogP contribution in [0.3, 0.4) is 0 Å². The lowest BCUT2D eigenvalue weighted by atomic mass is 9.91. The SMILES string of the molecule is Cc1ncoc1-c1ccc(C(C)NC(=O)[C@@H]2C[C@@H](O)CN2C(=O)[C@@H](c2cc(OCC(C)C)no2)C(C)C)cc1. The van der Waals surface area contributed by atoms with Gasteiger partial charge in [0.2, 0.25) is 11.8 Å². The Balaban J connectivity index is 1.46. The van der Waals surface area contributed by atoms with Crippen molar-refractivity contribution in [3.63, 3.8) is 0 Å². The summed E-state index contributed by atoms with van der Waals surface area (Å²) >= 11 is 0. The number of aliphatic hydroxyl groups excluding tert-OH is 1. The van der Waals surface area contributed by atoms with Crippen LogP contribution in [0.4, 0.5) is 0 Å². The van der Waals surface area contributed by atoms with Crippen LogP contribution in [0.5, 0.6) is 5.88 Å². The van der Waals surface area contributed by atoms with Crippen LogP contribution in [0.15, 0.2) is 45.7 Å². The van der Waals surface area contributed by atoms with Gasteiger partial charge < -0.3 is 29.0 Å². The Labute approximate surface area is 228 Å². The fourth-order valence-electron chi connectivity index (χ4n) is 4.85. The van der Waals surface area contributed by atoms with Crippen molar-refractivity contribution in [3.8, 4) is 17.2 Å². The molecule has 1 aliphatic heterocycles. The average molecular weight is 539 g/mol. The van der Waals surface area contributed by atoms with Crippen LogP contribution in [-0.2, 0) is 9.59 Å². The molecule has 3 aromatic rings. The highest BCUT2D eigenvalue weighted by atomic mass is 16.5. The van der Waals surface area contributed by atoms with E-state index < -0.39 is 18.1 Å². The fraction of sp³-hybridized carbons (Fsp3) is 0.517. The van der Waals surface area contributed by atoms with Gasteiger partial charge in [0.25, 0.3) is 5.88 Å². The van der Waals surface area contributed by atoms with E-state index in [2.05, 4.69) is 15.5 Å². The summed E-state index contributed by atoms with van der Waals surface area (Å²) in [5, 5.41) is 17.4. The van der Waals surface area contributed by atoms with Crippen molar-refractivity contribution in [2.45, 2.75) is 72.1 Å². The van der Waals surface area contributed by atoms with Gasteiger partial charge in [0.15, 0.2) is 17.9 Å². The van der Waals surface area contributed by atoms with Crippen LogP contribution in [0.1, 0.15) is 70.0 Å². The minimum absolute atomic E-state index is 0.0740. The van der Waals surface area contributed by atoms with Crippen molar-refractivity contribution in [2.75, 3.05) is 13.2 Å². The van der Waals surface area contributed by atoms with Gasteiger partial charge in [-0.25, -0.2) is 4.98 Å². The molecule has 2 N–H and O–H groups in total. The molecule has 1 aliphatic rings. The quantitative estimate of drug-likeness (QED) is 0.392. The molecule has 2 amide bonds. The number of nitrogens with zero attached hydrogens (tertiary/aromatic N) is 3. The van der Waals surface area contributed by atoms with Crippen molar-refractivity contribution in [2.24, 2.45) is 11.8 Å². The molecule has 10 nitrogen and oxygen atoms in total. The van der Waals surface area contributed by atoms with Crippen LogP contribution < -0.4 is 10.1 Å². The van der Waals surface area contributed by atoms with E-state index in [1.165, 1.54) is 11.3 Å². The summed E-state index contributed by atoms with van der Waals surface area (Å²) in [6.07, 6.45) is 0.783. The zero-order valence-electron chi connectivity index (χ0n) is 23.4. The molecule has 1 fully saturated rings. The molecule has 4 rings (SSSR count). The summed E-state index contributed by atoms with van der Waals surface area (Å²) in [6, 6.07) is 8.21. The number of benzene rings is 1. The largest absolute Gasteiger partial charge is 0.475 e. The summed E-state index contributed by atoms with van der Waals surface area (Å²) in [5.41, 5.74) is 2.60. The average Bonchev–Trinajstić information content (AvgIpc) is 3.62. The Morgan fingerprint density at radius 3 is 2.51 bits per heavy atom. The number of ether oxygens (including phenoxy) is 1. The minimum atomic E-state index is -0.799. The number of amides is 2. The predicted octanol–water partition coefficient (Wildman–Crippen LogP) is 4.25. The molecule has 4 atom stereocenters. The maximum absolute atomic E-state index is 13.7. The third kappa shape index (κ3) is 6.50. The van der Waals surface area contributed by atoms with E-state index >= 15 is 0 Å². The highest BCUT2D eigenvalue weighted by Gasteiger charge is 2.43. The molecule has 0 bridgehead atoms. The van der Waals surface area contributed by atoms with Crippen molar-refractivity contribution < 1.29 is 28.4 Å². The highest BCUT2D eigenvalue weighted by Crippen LogP contribution is 2.33. The second kappa shape index (κ2) is 12.0. The molecule has 0 aliphatic carbocycles. The monoisotopic (exact) mass is 538 g/mol. The normalized spacial score (nSPS) is 18.9. The Bertz CT molecular complexity index is 1260. The van der Waals surface area contributed by atoms with Gasteiger partial charge in [-0.05, 0) is 36.4 Å². The maximum Gasteiger partial charge on any atom is 0.254 e. The van der Waals surface area contributed by atoms with Gasteiger partial charge in [0.1, 0.15) is 12.0 Å². The molecule has 0 spiro atoms. The zero-order valence-corrected chi connectivity index (χ0v) is 23.4. The summed E-state index contributed by atoms with van der Waals surface area (Å²) in [6.45, 7) is 12.2. The van der Waals surface area contributed by atoms with Crippen LogP contribution in [0.25, 0.3) is 11.3 Å². The van der Waals surface area contributed by atoms with Crippen LogP contribution in [-0.4, -0.2) is 57.3 Å². The molecular formula is C29H38N4O6. The molecule has 2 aromatic heterocycles. The number of hydrogen-bond acceptors (Lipinski definition) is 8. The number of β-amino-alcohol motifs (C(OH)–C–C–N with tert-alkyl or cyclic N) is 1. The minimum Gasteiger partial charge on any atom is -0.475 e. The third-order valence-corrected chi connectivity index (χ3v) is 6.95. The lowest BCUT2D eigenvalue weighted by Gasteiger charge is -2.29. The lowest BCUT2D eigenvalue weighted by molar-refractivity contribution is -0.141. The molecular weight excluding hydrogens is 500 g/mol. The zero-order chi connectivity index (χ0) is 28.3. The van der Waals surface area contributed by atoms with Gasteiger partial charge in [-0.3, -0.25) is 9.59 Å². The molecule has 10 heteroatoms. The fourth-order valence-corrected chi connectivity index (χ4v) is 4.85. The first-order chi connectivity index (χ1) is 18.5. The number of nitrogens with one attached hydrogen (secondary N) is 1. The molecule has 1 saturated heterocycles. The summed E-state index contributed by atoms with van der Waals surface area (Å²) in [7, 11) is 0. The molecule has 210 valence electrons. The molecule has 3 heterocycles. The molecule has 1 aromatic carbocycles. The number of aliphatic hydroxyl groups is 1. The van der Waals surface area contributed by atoms with Gasteiger partial charge in [0, 0.05) is 24.6 Å². The third-order valence-electron chi connectivity index (χ3n) is 6.95. The topological polar surface area (TPSA) is 131 Å². The Kier molecular flexibility index (Phi) is 8.74. The van der Waals surface area contributed by atoms with Crippen LogP contribution in [0.2, 0.25) is 0 Å². The Morgan fingerprint density at radius 1 is 1.18 bits per heavy atom. The van der Waals surface area contributed by atoms with Gasteiger partial charge >= 0.3 is 0 Å².